The average Bonchev–Trinajstić information content (AvgIpc) is 2.97. The van der Waals surface area contributed by atoms with Crippen LogP contribution in [0.15, 0.2) is 24.3 Å². The molecule has 0 atom stereocenters. The molecule has 1 aromatic carbocycles. The van der Waals surface area contributed by atoms with Gasteiger partial charge in [0, 0.05) is 5.92 Å². The van der Waals surface area contributed by atoms with Crippen molar-refractivity contribution in [2.75, 3.05) is 5.32 Å². The standard InChI is InChI=1S/C15H17N3O/c1-9-14(10(2)18-17-9)16-15(19)13-7-11-5-3-4-6-12(11)8-13/h3-6,13H,7-8H2,1-2H3,(H,16,19)(H,17,18). The third-order valence-corrected chi connectivity index (χ3v) is 3.80. The van der Waals surface area contributed by atoms with Gasteiger partial charge in [0.05, 0.1) is 17.1 Å². The molecule has 0 radical (unpaired) electrons. The van der Waals surface area contributed by atoms with Crippen LogP contribution in [0.5, 0.6) is 0 Å². The summed E-state index contributed by atoms with van der Waals surface area (Å²) in [6, 6.07) is 8.28. The molecule has 1 aromatic heterocycles. The van der Waals surface area contributed by atoms with Gasteiger partial charge in [0.15, 0.2) is 0 Å². The van der Waals surface area contributed by atoms with Crippen LogP contribution in [0.4, 0.5) is 5.69 Å². The zero-order valence-corrected chi connectivity index (χ0v) is 11.2. The Morgan fingerprint density at radius 1 is 1.26 bits per heavy atom. The van der Waals surface area contributed by atoms with Crippen molar-refractivity contribution in [3.05, 3.63) is 46.8 Å². The van der Waals surface area contributed by atoms with E-state index in [2.05, 4.69) is 27.6 Å². The van der Waals surface area contributed by atoms with Crippen molar-refractivity contribution in [1.29, 1.82) is 0 Å². The van der Waals surface area contributed by atoms with Gasteiger partial charge in [-0.05, 0) is 37.8 Å². The lowest BCUT2D eigenvalue weighted by Gasteiger charge is -2.10. The van der Waals surface area contributed by atoms with Crippen LogP contribution in [0.25, 0.3) is 0 Å². The Kier molecular flexibility index (Phi) is 2.85. The molecule has 4 nitrogen and oxygen atoms in total. The van der Waals surface area contributed by atoms with Gasteiger partial charge in [-0.1, -0.05) is 24.3 Å². The van der Waals surface area contributed by atoms with Crippen LogP contribution in [-0.4, -0.2) is 16.1 Å². The lowest BCUT2D eigenvalue weighted by atomic mass is 10.1. The molecule has 0 spiro atoms. The van der Waals surface area contributed by atoms with E-state index in [0.717, 1.165) is 29.9 Å². The van der Waals surface area contributed by atoms with Crippen molar-refractivity contribution in [1.82, 2.24) is 10.2 Å². The Balaban J connectivity index is 1.74. The second-order valence-corrected chi connectivity index (χ2v) is 5.17. The van der Waals surface area contributed by atoms with E-state index in [4.69, 9.17) is 0 Å². The largest absolute Gasteiger partial charge is 0.323 e. The molecule has 0 bridgehead atoms. The van der Waals surface area contributed by atoms with Gasteiger partial charge in [-0.2, -0.15) is 5.10 Å². The van der Waals surface area contributed by atoms with E-state index in [1.54, 1.807) is 0 Å². The van der Waals surface area contributed by atoms with Gasteiger partial charge in [0.1, 0.15) is 0 Å². The molecular weight excluding hydrogens is 238 g/mol. The minimum atomic E-state index is 0.0334. The quantitative estimate of drug-likeness (QED) is 0.865. The molecule has 4 heteroatoms. The molecule has 0 unspecified atom stereocenters. The molecule has 3 rings (SSSR count). The van der Waals surface area contributed by atoms with Gasteiger partial charge in [-0.15, -0.1) is 0 Å². The van der Waals surface area contributed by atoms with E-state index < -0.39 is 0 Å². The van der Waals surface area contributed by atoms with Crippen molar-refractivity contribution < 1.29 is 4.79 Å². The number of carbonyl (C=O) groups is 1. The van der Waals surface area contributed by atoms with Gasteiger partial charge in [0.2, 0.25) is 5.91 Å². The normalized spacial score (nSPS) is 14.4. The fraction of sp³-hybridized carbons (Fsp3) is 0.333. The third kappa shape index (κ3) is 2.14. The summed E-state index contributed by atoms with van der Waals surface area (Å²) in [7, 11) is 0. The van der Waals surface area contributed by atoms with Gasteiger partial charge in [-0.25, -0.2) is 0 Å². The Bertz CT molecular complexity index is 586. The van der Waals surface area contributed by atoms with Crippen LogP contribution in [0, 0.1) is 19.8 Å². The van der Waals surface area contributed by atoms with Crippen LogP contribution >= 0.6 is 0 Å². The van der Waals surface area contributed by atoms with Crippen molar-refractivity contribution in [2.24, 2.45) is 5.92 Å². The first kappa shape index (κ1) is 12.0. The molecule has 2 aromatic rings. The zero-order chi connectivity index (χ0) is 13.4. The molecule has 1 aliphatic carbocycles. The van der Waals surface area contributed by atoms with Crippen LogP contribution in [0.3, 0.4) is 0 Å². The monoisotopic (exact) mass is 255 g/mol. The summed E-state index contributed by atoms with van der Waals surface area (Å²) in [5.41, 5.74) is 5.15. The molecular formula is C15H17N3O. The number of aromatic nitrogens is 2. The maximum Gasteiger partial charge on any atom is 0.228 e. The average molecular weight is 255 g/mol. The highest BCUT2D eigenvalue weighted by Gasteiger charge is 2.27. The first-order chi connectivity index (χ1) is 9.15. The number of aryl methyl sites for hydroxylation is 2. The molecule has 19 heavy (non-hydrogen) atoms. The molecule has 1 amide bonds. The van der Waals surface area contributed by atoms with E-state index in [0.29, 0.717) is 0 Å². The second kappa shape index (κ2) is 4.53. The number of aromatic amines is 1. The molecule has 2 N–H and O–H groups in total. The second-order valence-electron chi connectivity index (χ2n) is 5.17. The van der Waals surface area contributed by atoms with Gasteiger partial charge in [-0.3, -0.25) is 9.89 Å². The topological polar surface area (TPSA) is 57.8 Å². The number of fused-ring (bicyclic) bond motifs is 1. The number of H-pyrrole nitrogens is 1. The highest BCUT2D eigenvalue weighted by Crippen LogP contribution is 2.28. The highest BCUT2D eigenvalue weighted by molar-refractivity contribution is 5.94. The number of carbonyl (C=O) groups excluding carboxylic acids is 1. The summed E-state index contributed by atoms with van der Waals surface area (Å²) in [6.45, 7) is 3.81. The minimum absolute atomic E-state index is 0.0334. The number of benzene rings is 1. The van der Waals surface area contributed by atoms with Crippen LogP contribution < -0.4 is 5.32 Å². The molecule has 0 saturated heterocycles. The maximum atomic E-state index is 12.3. The van der Waals surface area contributed by atoms with Crippen LogP contribution in [-0.2, 0) is 17.6 Å². The lowest BCUT2D eigenvalue weighted by Crippen LogP contribution is -2.23. The van der Waals surface area contributed by atoms with Crippen molar-refractivity contribution >= 4 is 11.6 Å². The lowest BCUT2D eigenvalue weighted by molar-refractivity contribution is -0.119. The minimum Gasteiger partial charge on any atom is -0.323 e. The molecule has 0 aliphatic heterocycles. The summed E-state index contributed by atoms with van der Waals surface area (Å²) in [6.07, 6.45) is 1.66. The van der Waals surface area contributed by atoms with E-state index in [-0.39, 0.29) is 11.8 Å². The number of hydrogen-bond acceptors (Lipinski definition) is 2. The summed E-state index contributed by atoms with van der Waals surface area (Å²) in [5.74, 6) is 0.120. The van der Waals surface area contributed by atoms with Crippen molar-refractivity contribution in [3.8, 4) is 0 Å². The summed E-state index contributed by atoms with van der Waals surface area (Å²) < 4.78 is 0. The molecule has 0 fully saturated rings. The van der Waals surface area contributed by atoms with E-state index in [1.165, 1.54) is 11.1 Å². The summed E-state index contributed by atoms with van der Waals surface area (Å²) in [5, 5.41) is 9.98. The summed E-state index contributed by atoms with van der Waals surface area (Å²) >= 11 is 0. The Labute approximate surface area is 112 Å². The molecule has 1 heterocycles. The third-order valence-electron chi connectivity index (χ3n) is 3.80. The SMILES string of the molecule is Cc1n[nH]c(C)c1NC(=O)C1Cc2ccccc2C1. The van der Waals surface area contributed by atoms with Gasteiger partial charge in [0.25, 0.3) is 0 Å². The number of anilines is 1. The number of hydrogen-bond donors (Lipinski definition) is 2. The number of nitrogens with one attached hydrogen (secondary N) is 2. The van der Waals surface area contributed by atoms with Gasteiger partial charge >= 0.3 is 0 Å². The Hall–Kier alpha value is -2.10. The summed E-state index contributed by atoms with van der Waals surface area (Å²) in [4.78, 5) is 12.3. The smallest absolute Gasteiger partial charge is 0.228 e. The number of nitrogens with zero attached hydrogens (tertiary/aromatic N) is 1. The van der Waals surface area contributed by atoms with Crippen LogP contribution in [0.1, 0.15) is 22.5 Å². The predicted octanol–water partition coefficient (Wildman–Crippen LogP) is 2.38. The van der Waals surface area contributed by atoms with Gasteiger partial charge < -0.3 is 5.32 Å². The van der Waals surface area contributed by atoms with E-state index >= 15 is 0 Å². The van der Waals surface area contributed by atoms with Crippen LogP contribution in [0.2, 0.25) is 0 Å². The molecule has 0 saturated carbocycles. The number of amides is 1. The van der Waals surface area contributed by atoms with E-state index in [1.807, 2.05) is 26.0 Å². The van der Waals surface area contributed by atoms with Crippen molar-refractivity contribution in [3.63, 3.8) is 0 Å². The fourth-order valence-corrected chi connectivity index (χ4v) is 2.70. The highest BCUT2D eigenvalue weighted by atomic mass is 16.1. The number of rotatable bonds is 2. The zero-order valence-electron chi connectivity index (χ0n) is 11.2. The van der Waals surface area contributed by atoms with Crippen molar-refractivity contribution in [2.45, 2.75) is 26.7 Å². The first-order valence-electron chi connectivity index (χ1n) is 6.54. The predicted molar refractivity (Wildman–Crippen MR) is 74.0 cm³/mol. The molecule has 98 valence electrons. The maximum absolute atomic E-state index is 12.3. The Morgan fingerprint density at radius 3 is 2.42 bits per heavy atom. The van der Waals surface area contributed by atoms with E-state index in [9.17, 15) is 4.79 Å². The molecule has 1 aliphatic rings. The fourth-order valence-electron chi connectivity index (χ4n) is 2.70. The first-order valence-corrected chi connectivity index (χ1v) is 6.54. The Morgan fingerprint density at radius 2 is 1.89 bits per heavy atom.